The molecule has 0 fully saturated rings. The number of nitrogens with two attached hydrogens (primary N) is 1. The van der Waals surface area contributed by atoms with E-state index in [1.165, 1.54) is 5.56 Å². The molecule has 2 atom stereocenters. The minimum Gasteiger partial charge on any atom is -0.323 e. The van der Waals surface area contributed by atoms with Crippen LogP contribution in [-0.2, 0) is 0 Å². The summed E-state index contributed by atoms with van der Waals surface area (Å²) in [6, 6.07) is 10.6. The molecular formula is C11H18N2. The largest absolute Gasteiger partial charge is 0.323 e. The fourth-order valence-corrected chi connectivity index (χ4v) is 1.41. The summed E-state index contributed by atoms with van der Waals surface area (Å²) in [5, 5.41) is 3.32. The van der Waals surface area contributed by atoms with Gasteiger partial charge in [0.25, 0.3) is 0 Å². The van der Waals surface area contributed by atoms with Crippen LogP contribution in [0.2, 0.25) is 0 Å². The highest BCUT2D eigenvalue weighted by atomic mass is 14.9. The first-order valence-corrected chi connectivity index (χ1v) is 4.79. The topological polar surface area (TPSA) is 38.0 Å². The molecule has 0 saturated carbocycles. The van der Waals surface area contributed by atoms with Gasteiger partial charge in [-0.2, -0.15) is 0 Å². The van der Waals surface area contributed by atoms with E-state index in [2.05, 4.69) is 31.3 Å². The Balaban J connectivity index is 2.62. The molecule has 0 unspecified atom stereocenters. The Morgan fingerprint density at radius 3 is 2.46 bits per heavy atom. The second kappa shape index (κ2) is 5.00. The first-order valence-electron chi connectivity index (χ1n) is 4.79. The Labute approximate surface area is 80.1 Å². The van der Waals surface area contributed by atoms with E-state index in [0.717, 1.165) is 6.54 Å². The van der Waals surface area contributed by atoms with Crippen LogP contribution in [0.25, 0.3) is 0 Å². The minimum absolute atomic E-state index is 0.0844. The van der Waals surface area contributed by atoms with E-state index < -0.39 is 0 Å². The normalized spacial score (nSPS) is 15.3. The molecule has 72 valence electrons. The molecule has 1 aromatic rings. The van der Waals surface area contributed by atoms with Crippen LogP contribution in [0.5, 0.6) is 0 Å². The third kappa shape index (κ3) is 2.83. The Hall–Kier alpha value is -0.860. The Morgan fingerprint density at radius 1 is 1.31 bits per heavy atom. The summed E-state index contributed by atoms with van der Waals surface area (Å²) in [4.78, 5) is 0. The number of hydrogen-bond acceptors (Lipinski definition) is 2. The van der Waals surface area contributed by atoms with Gasteiger partial charge in [-0.25, -0.2) is 0 Å². The molecule has 0 bridgehead atoms. The molecule has 0 amide bonds. The van der Waals surface area contributed by atoms with E-state index in [-0.39, 0.29) is 6.04 Å². The number of rotatable bonds is 4. The molecule has 0 radical (unpaired) electrons. The van der Waals surface area contributed by atoms with E-state index in [1.807, 2.05) is 18.2 Å². The summed E-state index contributed by atoms with van der Waals surface area (Å²) in [6.45, 7) is 5.16. The number of nitrogens with one attached hydrogen (secondary N) is 1. The average molecular weight is 178 g/mol. The van der Waals surface area contributed by atoms with Gasteiger partial charge in [-0.3, -0.25) is 0 Å². The summed E-state index contributed by atoms with van der Waals surface area (Å²) in [5.74, 6) is 0. The van der Waals surface area contributed by atoms with Crippen molar-refractivity contribution >= 4 is 0 Å². The van der Waals surface area contributed by atoms with Crippen LogP contribution in [0, 0.1) is 0 Å². The highest BCUT2D eigenvalue weighted by Crippen LogP contribution is 2.12. The minimum atomic E-state index is 0.0844. The summed E-state index contributed by atoms with van der Waals surface area (Å²) in [7, 11) is 0. The second-order valence-corrected chi connectivity index (χ2v) is 3.28. The summed E-state index contributed by atoms with van der Waals surface area (Å²) >= 11 is 0. The van der Waals surface area contributed by atoms with Gasteiger partial charge in [0.15, 0.2) is 0 Å². The molecule has 2 heteroatoms. The highest BCUT2D eigenvalue weighted by Gasteiger charge is 2.12. The van der Waals surface area contributed by atoms with Crippen molar-refractivity contribution in [2.24, 2.45) is 5.73 Å². The van der Waals surface area contributed by atoms with Gasteiger partial charge in [0.1, 0.15) is 0 Å². The lowest BCUT2D eigenvalue weighted by Gasteiger charge is -2.20. The zero-order chi connectivity index (χ0) is 9.68. The maximum absolute atomic E-state index is 6.06. The van der Waals surface area contributed by atoms with Crippen molar-refractivity contribution in [1.29, 1.82) is 0 Å². The van der Waals surface area contributed by atoms with E-state index in [0.29, 0.717) is 6.04 Å². The molecule has 0 aromatic heterocycles. The molecule has 0 aliphatic heterocycles. The number of hydrogen-bond donors (Lipinski definition) is 2. The van der Waals surface area contributed by atoms with E-state index in [1.54, 1.807) is 0 Å². The number of benzene rings is 1. The predicted octanol–water partition coefficient (Wildman–Crippen LogP) is 1.68. The zero-order valence-electron chi connectivity index (χ0n) is 8.33. The van der Waals surface area contributed by atoms with Crippen LogP contribution in [0.1, 0.15) is 25.5 Å². The van der Waals surface area contributed by atoms with Crippen molar-refractivity contribution in [2.45, 2.75) is 25.9 Å². The maximum Gasteiger partial charge on any atom is 0.0448 e. The van der Waals surface area contributed by atoms with Gasteiger partial charge in [0, 0.05) is 12.1 Å². The molecule has 2 nitrogen and oxygen atoms in total. The zero-order valence-corrected chi connectivity index (χ0v) is 8.33. The third-order valence-corrected chi connectivity index (χ3v) is 2.25. The highest BCUT2D eigenvalue weighted by molar-refractivity contribution is 5.19. The molecule has 0 aliphatic rings. The molecule has 1 rings (SSSR count). The molecule has 3 N–H and O–H groups in total. The van der Waals surface area contributed by atoms with Gasteiger partial charge in [-0.05, 0) is 19.0 Å². The van der Waals surface area contributed by atoms with Gasteiger partial charge >= 0.3 is 0 Å². The van der Waals surface area contributed by atoms with Crippen molar-refractivity contribution in [2.75, 3.05) is 6.54 Å². The fraction of sp³-hybridized carbons (Fsp3) is 0.455. The monoisotopic (exact) mass is 178 g/mol. The lowest BCUT2D eigenvalue weighted by Crippen LogP contribution is -2.36. The second-order valence-electron chi connectivity index (χ2n) is 3.28. The average Bonchev–Trinajstić information content (AvgIpc) is 2.18. The van der Waals surface area contributed by atoms with Crippen LogP contribution in [0.4, 0.5) is 0 Å². The smallest absolute Gasteiger partial charge is 0.0448 e. The quantitative estimate of drug-likeness (QED) is 0.736. The standard InChI is InChI=1S/C11H18N2/c1-3-13-9(2)11(12)10-7-5-4-6-8-10/h4-9,11,13H,3,12H2,1-2H3/t9-,11+/m0/s1. The van der Waals surface area contributed by atoms with Gasteiger partial charge < -0.3 is 11.1 Å². The molecule has 13 heavy (non-hydrogen) atoms. The number of likely N-dealkylation sites (N-methyl/N-ethyl adjacent to an activating group) is 1. The van der Waals surface area contributed by atoms with E-state index >= 15 is 0 Å². The van der Waals surface area contributed by atoms with E-state index in [4.69, 9.17) is 5.73 Å². The van der Waals surface area contributed by atoms with E-state index in [9.17, 15) is 0 Å². The van der Waals surface area contributed by atoms with Crippen LogP contribution < -0.4 is 11.1 Å². The summed E-state index contributed by atoms with van der Waals surface area (Å²) < 4.78 is 0. The van der Waals surface area contributed by atoms with Crippen LogP contribution in [-0.4, -0.2) is 12.6 Å². The Morgan fingerprint density at radius 2 is 1.92 bits per heavy atom. The maximum atomic E-state index is 6.06. The molecule has 0 spiro atoms. The first-order chi connectivity index (χ1) is 6.25. The van der Waals surface area contributed by atoms with Crippen molar-refractivity contribution in [3.8, 4) is 0 Å². The summed E-state index contributed by atoms with van der Waals surface area (Å²) in [5.41, 5.74) is 7.25. The third-order valence-electron chi connectivity index (χ3n) is 2.25. The summed E-state index contributed by atoms with van der Waals surface area (Å²) in [6.07, 6.45) is 0. The molecule has 0 saturated heterocycles. The first kappa shape index (κ1) is 10.2. The van der Waals surface area contributed by atoms with Gasteiger partial charge in [-0.1, -0.05) is 37.3 Å². The van der Waals surface area contributed by atoms with Crippen LogP contribution in [0.15, 0.2) is 30.3 Å². The lowest BCUT2D eigenvalue weighted by atomic mass is 10.0. The van der Waals surface area contributed by atoms with Gasteiger partial charge in [0.05, 0.1) is 0 Å². The van der Waals surface area contributed by atoms with Crippen molar-refractivity contribution < 1.29 is 0 Å². The van der Waals surface area contributed by atoms with Gasteiger partial charge in [-0.15, -0.1) is 0 Å². The van der Waals surface area contributed by atoms with Crippen LogP contribution in [0.3, 0.4) is 0 Å². The van der Waals surface area contributed by atoms with Crippen molar-refractivity contribution in [3.05, 3.63) is 35.9 Å². The molecule has 0 aliphatic carbocycles. The SMILES string of the molecule is CCN[C@@H](C)[C@@H](N)c1ccccc1. The molecule has 0 heterocycles. The Kier molecular flexibility index (Phi) is 3.93. The predicted molar refractivity (Wildman–Crippen MR) is 56.5 cm³/mol. The molecular weight excluding hydrogens is 160 g/mol. The van der Waals surface area contributed by atoms with Crippen molar-refractivity contribution in [1.82, 2.24) is 5.32 Å². The molecule has 1 aromatic carbocycles. The lowest BCUT2D eigenvalue weighted by molar-refractivity contribution is 0.480. The van der Waals surface area contributed by atoms with Crippen LogP contribution >= 0.6 is 0 Å². The van der Waals surface area contributed by atoms with Gasteiger partial charge in [0.2, 0.25) is 0 Å². The fourth-order valence-electron chi connectivity index (χ4n) is 1.41. The Bertz CT molecular complexity index is 233. The van der Waals surface area contributed by atoms with Crippen molar-refractivity contribution in [3.63, 3.8) is 0 Å².